The van der Waals surface area contributed by atoms with Gasteiger partial charge in [0.15, 0.2) is 0 Å². The topological polar surface area (TPSA) is 50.8 Å². The average Bonchev–Trinajstić information content (AvgIpc) is 2.64. The van der Waals surface area contributed by atoms with E-state index in [0.29, 0.717) is 5.88 Å². The first-order valence-electron chi connectivity index (χ1n) is 5.53. The number of nitrogens with zero attached hydrogens (tertiary/aromatic N) is 3. The summed E-state index contributed by atoms with van der Waals surface area (Å²) in [6.45, 7) is 1.81. The summed E-state index contributed by atoms with van der Waals surface area (Å²) in [5.41, 5.74) is 1.32. The molecule has 2 rings (SSSR count). The van der Waals surface area contributed by atoms with Crippen LogP contribution in [0.1, 0.15) is 16.8 Å². The molecule has 0 atom stereocenters. The molecule has 2 aromatic rings. The van der Waals surface area contributed by atoms with Gasteiger partial charge in [0, 0.05) is 7.05 Å². The SMILES string of the molecule is Cc1nn(C)c(Oc2cccc(F)c2C#N)c1CCl. The second-order valence-electron chi connectivity index (χ2n) is 3.95. The molecule has 0 spiro atoms. The monoisotopic (exact) mass is 279 g/mol. The van der Waals surface area contributed by atoms with Crippen molar-refractivity contribution in [2.24, 2.45) is 7.05 Å². The van der Waals surface area contributed by atoms with Gasteiger partial charge < -0.3 is 4.74 Å². The smallest absolute Gasteiger partial charge is 0.222 e. The fourth-order valence-corrected chi connectivity index (χ4v) is 2.07. The molecule has 0 N–H and O–H groups in total. The third-order valence-corrected chi connectivity index (χ3v) is 2.98. The normalized spacial score (nSPS) is 10.3. The van der Waals surface area contributed by atoms with E-state index in [9.17, 15) is 4.39 Å². The van der Waals surface area contributed by atoms with E-state index in [1.54, 1.807) is 20.0 Å². The van der Waals surface area contributed by atoms with Crippen LogP contribution in [-0.2, 0) is 12.9 Å². The molecule has 98 valence electrons. The first kappa shape index (κ1) is 13.4. The van der Waals surface area contributed by atoms with Gasteiger partial charge in [-0.15, -0.1) is 11.6 Å². The number of nitriles is 1. The van der Waals surface area contributed by atoms with E-state index in [1.165, 1.54) is 22.9 Å². The zero-order valence-electron chi connectivity index (χ0n) is 10.4. The number of hydrogen-bond donors (Lipinski definition) is 0. The molecule has 0 aliphatic carbocycles. The molecule has 1 aromatic heterocycles. The number of alkyl halides is 1. The van der Waals surface area contributed by atoms with E-state index in [1.807, 2.05) is 0 Å². The lowest BCUT2D eigenvalue weighted by Crippen LogP contribution is -1.99. The summed E-state index contributed by atoms with van der Waals surface area (Å²) in [6.07, 6.45) is 0. The maximum Gasteiger partial charge on any atom is 0.222 e. The fourth-order valence-electron chi connectivity index (χ4n) is 1.76. The number of ether oxygens (including phenoxy) is 1. The predicted octanol–water partition coefficient (Wildman–Crippen LogP) is 3.27. The Morgan fingerprint density at radius 3 is 2.89 bits per heavy atom. The number of aromatic nitrogens is 2. The summed E-state index contributed by atoms with van der Waals surface area (Å²) < 4.78 is 20.6. The van der Waals surface area contributed by atoms with Gasteiger partial charge in [0.05, 0.1) is 17.1 Å². The van der Waals surface area contributed by atoms with Crippen LogP contribution >= 0.6 is 11.6 Å². The maximum atomic E-state index is 13.5. The van der Waals surface area contributed by atoms with Gasteiger partial charge in [0.1, 0.15) is 23.2 Å². The zero-order chi connectivity index (χ0) is 14.0. The lowest BCUT2D eigenvalue weighted by atomic mass is 10.2. The van der Waals surface area contributed by atoms with E-state index >= 15 is 0 Å². The van der Waals surface area contributed by atoms with Crippen LogP contribution in [0.5, 0.6) is 11.6 Å². The van der Waals surface area contributed by atoms with Crippen molar-refractivity contribution in [1.82, 2.24) is 9.78 Å². The van der Waals surface area contributed by atoms with Crippen LogP contribution in [0.4, 0.5) is 4.39 Å². The lowest BCUT2D eigenvalue weighted by Gasteiger charge is -2.09. The number of aryl methyl sites for hydroxylation is 2. The molecule has 0 aliphatic rings. The molecule has 0 bridgehead atoms. The standard InChI is InChI=1S/C13H11ClFN3O/c1-8-9(6-14)13(18(2)17-8)19-12-5-3-4-11(15)10(12)7-16/h3-5H,6H2,1-2H3. The number of rotatable bonds is 3. The van der Waals surface area contributed by atoms with Crippen LogP contribution in [-0.4, -0.2) is 9.78 Å². The quantitative estimate of drug-likeness (QED) is 0.810. The van der Waals surface area contributed by atoms with Gasteiger partial charge in [-0.05, 0) is 19.1 Å². The van der Waals surface area contributed by atoms with Crippen molar-refractivity contribution in [2.75, 3.05) is 0 Å². The highest BCUT2D eigenvalue weighted by Gasteiger charge is 2.17. The fraction of sp³-hybridized carbons (Fsp3) is 0.231. The molecule has 4 nitrogen and oxygen atoms in total. The zero-order valence-corrected chi connectivity index (χ0v) is 11.2. The highest BCUT2D eigenvalue weighted by molar-refractivity contribution is 6.17. The number of benzene rings is 1. The molecular formula is C13H11ClFN3O. The van der Waals surface area contributed by atoms with E-state index in [2.05, 4.69) is 5.10 Å². The van der Waals surface area contributed by atoms with Crippen molar-refractivity contribution in [3.8, 4) is 17.7 Å². The minimum atomic E-state index is -0.619. The van der Waals surface area contributed by atoms with Crippen molar-refractivity contribution >= 4 is 11.6 Å². The predicted molar refractivity (Wildman–Crippen MR) is 68.7 cm³/mol. The van der Waals surface area contributed by atoms with E-state index < -0.39 is 5.82 Å². The first-order valence-corrected chi connectivity index (χ1v) is 6.06. The second-order valence-corrected chi connectivity index (χ2v) is 4.22. The van der Waals surface area contributed by atoms with Crippen LogP contribution in [0.15, 0.2) is 18.2 Å². The van der Waals surface area contributed by atoms with Gasteiger partial charge in [0.25, 0.3) is 0 Å². The third kappa shape index (κ3) is 2.40. The van der Waals surface area contributed by atoms with E-state index in [-0.39, 0.29) is 17.2 Å². The minimum absolute atomic E-state index is 0.137. The number of hydrogen-bond acceptors (Lipinski definition) is 3. The molecule has 0 unspecified atom stereocenters. The van der Waals surface area contributed by atoms with Gasteiger partial charge in [-0.2, -0.15) is 10.4 Å². The van der Waals surface area contributed by atoms with Gasteiger partial charge >= 0.3 is 0 Å². The third-order valence-electron chi connectivity index (χ3n) is 2.72. The van der Waals surface area contributed by atoms with Gasteiger partial charge in [-0.25, -0.2) is 9.07 Å². The van der Waals surface area contributed by atoms with Crippen molar-refractivity contribution in [2.45, 2.75) is 12.8 Å². The minimum Gasteiger partial charge on any atom is -0.437 e. The van der Waals surface area contributed by atoms with Crippen molar-refractivity contribution in [1.29, 1.82) is 5.26 Å². The van der Waals surface area contributed by atoms with Crippen LogP contribution in [0.25, 0.3) is 0 Å². The molecular weight excluding hydrogens is 269 g/mol. The Bertz CT molecular complexity index is 661. The van der Waals surface area contributed by atoms with Crippen molar-refractivity contribution in [3.05, 3.63) is 40.8 Å². The van der Waals surface area contributed by atoms with Crippen LogP contribution < -0.4 is 4.74 Å². The van der Waals surface area contributed by atoms with E-state index in [4.69, 9.17) is 21.6 Å². The summed E-state index contributed by atoms with van der Waals surface area (Å²) >= 11 is 5.85. The van der Waals surface area contributed by atoms with E-state index in [0.717, 1.165) is 11.3 Å². The average molecular weight is 280 g/mol. The number of halogens is 2. The molecule has 1 aromatic carbocycles. The first-order chi connectivity index (χ1) is 9.08. The van der Waals surface area contributed by atoms with Crippen LogP contribution in [0.2, 0.25) is 0 Å². The Morgan fingerprint density at radius 1 is 1.53 bits per heavy atom. The van der Waals surface area contributed by atoms with Gasteiger partial charge in [-0.1, -0.05) is 6.07 Å². The highest BCUT2D eigenvalue weighted by Crippen LogP contribution is 2.31. The van der Waals surface area contributed by atoms with Crippen LogP contribution in [0, 0.1) is 24.1 Å². The Balaban J connectivity index is 2.48. The highest BCUT2D eigenvalue weighted by atomic mass is 35.5. The van der Waals surface area contributed by atoms with Crippen molar-refractivity contribution in [3.63, 3.8) is 0 Å². The summed E-state index contributed by atoms with van der Waals surface area (Å²) in [4.78, 5) is 0. The van der Waals surface area contributed by atoms with Crippen LogP contribution in [0.3, 0.4) is 0 Å². The Hall–Kier alpha value is -2.06. The Morgan fingerprint density at radius 2 is 2.26 bits per heavy atom. The Kier molecular flexibility index (Phi) is 3.72. The molecule has 6 heteroatoms. The molecule has 0 amide bonds. The Labute approximate surface area is 115 Å². The lowest BCUT2D eigenvalue weighted by molar-refractivity contribution is 0.422. The summed E-state index contributed by atoms with van der Waals surface area (Å²) in [7, 11) is 1.70. The molecule has 0 radical (unpaired) electrons. The molecule has 0 saturated carbocycles. The summed E-state index contributed by atoms with van der Waals surface area (Å²) in [5, 5.41) is 13.1. The molecule has 0 aliphatic heterocycles. The summed E-state index contributed by atoms with van der Waals surface area (Å²) in [5.74, 6) is 0.171. The molecule has 19 heavy (non-hydrogen) atoms. The van der Waals surface area contributed by atoms with Gasteiger partial charge in [-0.3, -0.25) is 0 Å². The molecule has 0 saturated heterocycles. The molecule has 1 heterocycles. The molecule has 0 fully saturated rings. The summed E-state index contributed by atoms with van der Waals surface area (Å²) in [6, 6.07) is 6.01. The van der Waals surface area contributed by atoms with Gasteiger partial charge in [0.2, 0.25) is 5.88 Å². The van der Waals surface area contributed by atoms with Crippen molar-refractivity contribution < 1.29 is 9.13 Å². The largest absolute Gasteiger partial charge is 0.437 e. The second kappa shape index (κ2) is 5.29. The maximum absolute atomic E-state index is 13.5.